The van der Waals surface area contributed by atoms with Gasteiger partial charge >= 0.3 is 0 Å². The van der Waals surface area contributed by atoms with E-state index in [-0.39, 0.29) is 5.60 Å². The number of nitrogens with one attached hydrogen (secondary N) is 1. The smallest absolute Gasteiger partial charge is 0.123 e. The Kier molecular flexibility index (Phi) is 5.09. The average Bonchev–Trinajstić information content (AvgIpc) is 2.69. The minimum absolute atomic E-state index is 0.0399. The van der Waals surface area contributed by atoms with Crippen LogP contribution in [0, 0.1) is 0 Å². The van der Waals surface area contributed by atoms with Crippen molar-refractivity contribution in [3.63, 3.8) is 0 Å². The van der Waals surface area contributed by atoms with E-state index in [2.05, 4.69) is 51.2 Å². The molecule has 1 heterocycles. The summed E-state index contributed by atoms with van der Waals surface area (Å²) in [5.74, 6) is 1.06. The van der Waals surface area contributed by atoms with E-state index in [4.69, 9.17) is 4.74 Å². The number of benzene rings is 1. The van der Waals surface area contributed by atoms with Crippen LogP contribution in [0.25, 0.3) is 0 Å². The normalized spacial score (nSPS) is 17.6. The van der Waals surface area contributed by atoms with Gasteiger partial charge in [0.25, 0.3) is 0 Å². The first kappa shape index (κ1) is 15.4. The highest BCUT2D eigenvalue weighted by molar-refractivity contribution is 5.41. The Morgan fingerprint density at radius 1 is 1.30 bits per heavy atom. The Morgan fingerprint density at radius 3 is 2.85 bits per heavy atom. The molecule has 0 bridgehead atoms. The van der Waals surface area contributed by atoms with Crippen molar-refractivity contribution >= 4 is 0 Å². The van der Waals surface area contributed by atoms with Gasteiger partial charge in [0.15, 0.2) is 0 Å². The van der Waals surface area contributed by atoms with Gasteiger partial charge in [-0.1, -0.05) is 38.3 Å². The van der Waals surface area contributed by atoms with E-state index in [9.17, 15) is 0 Å². The number of rotatable bonds is 7. The Bertz CT molecular complexity index is 439. The minimum atomic E-state index is -0.0399. The largest absolute Gasteiger partial charge is 0.487 e. The van der Waals surface area contributed by atoms with Gasteiger partial charge in [0, 0.05) is 19.0 Å². The van der Waals surface area contributed by atoms with Crippen LogP contribution >= 0.6 is 0 Å². The molecule has 0 radical (unpaired) electrons. The number of hydrogen-bond acceptors (Lipinski definition) is 2. The fraction of sp³-hybridized carbons (Fsp3) is 0.667. The van der Waals surface area contributed by atoms with Crippen LogP contribution in [0.1, 0.15) is 64.5 Å². The number of hydrogen-bond donors (Lipinski definition) is 1. The standard InChI is InChI=1S/C18H29NO/c1-5-6-7-8-14(2)19-13-15-9-10-17-16(11-15)12-18(3,4)20-17/h9-11,14,19H,5-8,12-13H2,1-4H3. The van der Waals surface area contributed by atoms with Crippen molar-refractivity contribution in [1.82, 2.24) is 5.32 Å². The van der Waals surface area contributed by atoms with E-state index in [0.29, 0.717) is 6.04 Å². The number of fused-ring (bicyclic) bond motifs is 1. The second-order valence-corrected chi connectivity index (χ2v) is 6.76. The molecule has 1 aliphatic rings. The van der Waals surface area contributed by atoms with Crippen LogP contribution in [0.4, 0.5) is 0 Å². The lowest BCUT2D eigenvalue weighted by Gasteiger charge is -2.16. The van der Waals surface area contributed by atoms with E-state index >= 15 is 0 Å². The van der Waals surface area contributed by atoms with Gasteiger partial charge in [0.2, 0.25) is 0 Å². The summed E-state index contributed by atoms with van der Waals surface area (Å²) in [6.45, 7) is 9.81. The van der Waals surface area contributed by atoms with E-state index in [0.717, 1.165) is 18.7 Å². The molecule has 112 valence electrons. The van der Waals surface area contributed by atoms with E-state index in [1.807, 2.05) is 0 Å². The first-order valence-electron chi connectivity index (χ1n) is 8.04. The third-order valence-electron chi connectivity index (χ3n) is 4.02. The third-order valence-corrected chi connectivity index (χ3v) is 4.02. The van der Waals surface area contributed by atoms with Gasteiger partial charge in [-0.05, 0) is 44.4 Å². The van der Waals surface area contributed by atoms with Gasteiger partial charge in [-0.15, -0.1) is 0 Å². The summed E-state index contributed by atoms with van der Waals surface area (Å²) in [6.07, 6.45) is 6.26. The molecule has 2 rings (SSSR count). The number of ether oxygens (including phenoxy) is 1. The van der Waals surface area contributed by atoms with Crippen LogP contribution in [0.15, 0.2) is 18.2 Å². The zero-order chi connectivity index (χ0) is 14.6. The summed E-state index contributed by atoms with van der Waals surface area (Å²) in [4.78, 5) is 0. The van der Waals surface area contributed by atoms with Crippen molar-refractivity contribution in [2.45, 2.75) is 78.0 Å². The van der Waals surface area contributed by atoms with Gasteiger partial charge in [0.1, 0.15) is 11.4 Å². The Morgan fingerprint density at radius 2 is 2.10 bits per heavy atom. The second-order valence-electron chi connectivity index (χ2n) is 6.76. The van der Waals surface area contributed by atoms with Crippen molar-refractivity contribution in [3.05, 3.63) is 29.3 Å². The van der Waals surface area contributed by atoms with Crippen LogP contribution < -0.4 is 10.1 Å². The molecular formula is C18H29NO. The van der Waals surface area contributed by atoms with Gasteiger partial charge < -0.3 is 10.1 Å². The molecule has 1 unspecified atom stereocenters. The average molecular weight is 275 g/mol. The van der Waals surface area contributed by atoms with E-state index in [1.54, 1.807) is 0 Å². The summed E-state index contributed by atoms with van der Waals surface area (Å²) in [7, 11) is 0. The third kappa shape index (κ3) is 4.24. The van der Waals surface area contributed by atoms with Crippen LogP contribution in [-0.4, -0.2) is 11.6 Å². The first-order chi connectivity index (χ1) is 9.50. The molecule has 2 nitrogen and oxygen atoms in total. The molecule has 0 aliphatic carbocycles. The highest BCUT2D eigenvalue weighted by atomic mass is 16.5. The van der Waals surface area contributed by atoms with Gasteiger partial charge in [-0.25, -0.2) is 0 Å². The Labute approximate surface area is 123 Å². The fourth-order valence-electron chi connectivity index (χ4n) is 2.87. The lowest BCUT2D eigenvalue weighted by atomic mass is 10.00. The topological polar surface area (TPSA) is 21.3 Å². The molecule has 1 atom stereocenters. The van der Waals surface area contributed by atoms with Crippen molar-refractivity contribution < 1.29 is 4.74 Å². The highest BCUT2D eigenvalue weighted by Gasteiger charge is 2.29. The molecule has 1 aliphatic heterocycles. The maximum absolute atomic E-state index is 5.92. The second kappa shape index (κ2) is 6.62. The minimum Gasteiger partial charge on any atom is -0.487 e. The summed E-state index contributed by atoms with van der Waals surface area (Å²) in [5, 5.41) is 3.63. The molecule has 0 saturated heterocycles. The monoisotopic (exact) mass is 275 g/mol. The van der Waals surface area contributed by atoms with Crippen molar-refractivity contribution in [3.8, 4) is 5.75 Å². The zero-order valence-corrected chi connectivity index (χ0v) is 13.5. The molecule has 1 N–H and O–H groups in total. The zero-order valence-electron chi connectivity index (χ0n) is 13.5. The summed E-state index contributed by atoms with van der Waals surface area (Å²) < 4.78 is 5.92. The van der Waals surface area contributed by atoms with Crippen LogP contribution in [0.5, 0.6) is 5.75 Å². The lowest BCUT2D eigenvalue weighted by Crippen LogP contribution is -2.25. The predicted octanol–water partition coefficient (Wildman–Crippen LogP) is 4.46. The van der Waals surface area contributed by atoms with Crippen molar-refractivity contribution in [1.29, 1.82) is 0 Å². The van der Waals surface area contributed by atoms with Gasteiger partial charge in [-0.2, -0.15) is 0 Å². The Balaban J connectivity index is 1.83. The first-order valence-corrected chi connectivity index (χ1v) is 8.04. The van der Waals surface area contributed by atoms with Crippen molar-refractivity contribution in [2.24, 2.45) is 0 Å². The summed E-state index contributed by atoms with van der Waals surface area (Å²) in [5.41, 5.74) is 2.68. The maximum Gasteiger partial charge on any atom is 0.123 e. The molecule has 1 aromatic rings. The molecular weight excluding hydrogens is 246 g/mol. The Hall–Kier alpha value is -1.02. The lowest BCUT2D eigenvalue weighted by molar-refractivity contribution is 0.138. The van der Waals surface area contributed by atoms with Crippen LogP contribution in [0.2, 0.25) is 0 Å². The van der Waals surface area contributed by atoms with Gasteiger partial charge in [-0.3, -0.25) is 0 Å². The molecule has 0 saturated carbocycles. The van der Waals surface area contributed by atoms with E-state index in [1.165, 1.54) is 36.8 Å². The molecule has 0 fully saturated rings. The molecule has 1 aromatic carbocycles. The molecule has 0 aromatic heterocycles. The number of unbranched alkanes of at least 4 members (excludes halogenated alkanes) is 2. The fourth-order valence-corrected chi connectivity index (χ4v) is 2.87. The SMILES string of the molecule is CCCCCC(C)NCc1ccc2c(c1)CC(C)(C)O2. The summed E-state index contributed by atoms with van der Waals surface area (Å²) >= 11 is 0. The molecule has 0 spiro atoms. The highest BCUT2D eigenvalue weighted by Crippen LogP contribution is 2.35. The van der Waals surface area contributed by atoms with Crippen molar-refractivity contribution in [2.75, 3.05) is 0 Å². The predicted molar refractivity (Wildman–Crippen MR) is 85.3 cm³/mol. The molecule has 20 heavy (non-hydrogen) atoms. The van der Waals surface area contributed by atoms with Crippen LogP contribution in [0.3, 0.4) is 0 Å². The quantitative estimate of drug-likeness (QED) is 0.742. The van der Waals surface area contributed by atoms with E-state index < -0.39 is 0 Å². The maximum atomic E-state index is 5.92. The molecule has 2 heteroatoms. The molecule has 0 amide bonds. The van der Waals surface area contributed by atoms with Crippen LogP contribution in [-0.2, 0) is 13.0 Å². The summed E-state index contributed by atoms with van der Waals surface area (Å²) in [6, 6.07) is 7.22. The van der Waals surface area contributed by atoms with Gasteiger partial charge in [0.05, 0.1) is 0 Å².